The Morgan fingerprint density at radius 2 is 1.92 bits per heavy atom. The molecule has 7 heteroatoms. The maximum Gasteiger partial charge on any atom is 0.191 e. The molecule has 1 heterocycles. The van der Waals surface area contributed by atoms with Gasteiger partial charge in [0.25, 0.3) is 0 Å². The summed E-state index contributed by atoms with van der Waals surface area (Å²) >= 11 is 0. The molecule has 6 nitrogen and oxygen atoms in total. The molecule has 1 fully saturated rings. The number of hydrogen-bond donors (Lipinski definition) is 2. The van der Waals surface area contributed by atoms with E-state index in [1.165, 1.54) is 0 Å². The molecular weight excluding hydrogens is 431 g/mol. The van der Waals surface area contributed by atoms with Gasteiger partial charge in [0.1, 0.15) is 5.75 Å². The summed E-state index contributed by atoms with van der Waals surface area (Å²) in [5.41, 5.74) is 1.15. The number of para-hydroxylation sites is 1. The molecule has 2 N–H and O–H groups in total. The number of ether oxygens (including phenoxy) is 2. The summed E-state index contributed by atoms with van der Waals surface area (Å²) in [6, 6.07) is 8.00. The number of halogens is 1. The molecule has 1 saturated heterocycles. The van der Waals surface area contributed by atoms with Crippen LogP contribution in [0.15, 0.2) is 29.3 Å². The van der Waals surface area contributed by atoms with Gasteiger partial charge in [-0.2, -0.15) is 0 Å². The molecule has 0 aliphatic carbocycles. The van der Waals surface area contributed by atoms with Gasteiger partial charge in [-0.15, -0.1) is 24.0 Å². The lowest BCUT2D eigenvalue weighted by atomic mass is 10.0. The summed E-state index contributed by atoms with van der Waals surface area (Å²) in [5, 5.41) is 6.78. The largest absolute Gasteiger partial charge is 0.496 e. The molecule has 2 rings (SSSR count). The van der Waals surface area contributed by atoms with Gasteiger partial charge in [0.2, 0.25) is 0 Å². The molecule has 1 aliphatic heterocycles. The molecule has 0 radical (unpaired) electrons. The SMILES string of the molecule is CN=C(NCc1ccccc1OC)NCC(C)(C)N1CCOCC1.I. The zero-order valence-corrected chi connectivity index (χ0v) is 18.0. The van der Waals surface area contributed by atoms with Crippen molar-refractivity contribution in [3.63, 3.8) is 0 Å². The summed E-state index contributed by atoms with van der Waals surface area (Å²) in [4.78, 5) is 6.77. The van der Waals surface area contributed by atoms with Crippen LogP contribution in [0, 0.1) is 0 Å². The first-order chi connectivity index (χ1) is 11.6. The van der Waals surface area contributed by atoms with Gasteiger partial charge >= 0.3 is 0 Å². The van der Waals surface area contributed by atoms with Gasteiger partial charge in [-0.3, -0.25) is 9.89 Å². The fraction of sp³-hybridized carbons (Fsp3) is 0.611. The van der Waals surface area contributed by atoms with Gasteiger partial charge in [-0.25, -0.2) is 0 Å². The van der Waals surface area contributed by atoms with Crippen LogP contribution in [-0.4, -0.2) is 63.4 Å². The molecule has 142 valence electrons. The second kappa shape index (κ2) is 10.8. The first-order valence-electron chi connectivity index (χ1n) is 8.46. The van der Waals surface area contributed by atoms with Gasteiger partial charge in [0, 0.05) is 44.3 Å². The van der Waals surface area contributed by atoms with Crippen LogP contribution >= 0.6 is 24.0 Å². The van der Waals surface area contributed by atoms with E-state index >= 15 is 0 Å². The molecule has 0 unspecified atom stereocenters. The number of guanidine groups is 1. The Hall–Kier alpha value is -1.06. The number of methoxy groups -OCH3 is 1. The third-order valence-electron chi connectivity index (χ3n) is 4.42. The highest BCUT2D eigenvalue weighted by Gasteiger charge is 2.28. The van der Waals surface area contributed by atoms with Crippen LogP contribution in [0.4, 0.5) is 0 Å². The van der Waals surface area contributed by atoms with Crippen LogP contribution in [0.2, 0.25) is 0 Å². The lowest BCUT2D eigenvalue weighted by Gasteiger charge is -2.41. The quantitative estimate of drug-likeness (QED) is 0.385. The maximum absolute atomic E-state index is 5.44. The van der Waals surface area contributed by atoms with Crippen molar-refractivity contribution in [1.82, 2.24) is 15.5 Å². The molecule has 0 amide bonds. The minimum Gasteiger partial charge on any atom is -0.496 e. The topological polar surface area (TPSA) is 58.1 Å². The smallest absolute Gasteiger partial charge is 0.191 e. The Balaban J connectivity index is 0.00000312. The standard InChI is InChI=1S/C18H30N4O2.HI/c1-18(2,22-9-11-24-12-10-22)14-21-17(19-3)20-13-15-7-5-6-8-16(15)23-4;/h5-8H,9-14H2,1-4H3,(H2,19,20,21);1H. The average Bonchev–Trinajstić information content (AvgIpc) is 2.63. The Morgan fingerprint density at radius 3 is 2.56 bits per heavy atom. The molecule has 0 spiro atoms. The predicted molar refractivity (Wildman–Crippen MR) is 113 cm³/mol. The van der Waals surface area contributed by atoms with Crippen molar-refractivity contribution in [2.24, 2.45) is 4.99 Å². The Kier molecular flexibility index (Phi) is 9.52. The number of benzene rings is 1. The van der Waals surface area contributed by atoms with Gasteiger partial charge < -0.3 is 20.1 Å². The van der Waals surface area contributed by atoms with E-state index in [1.54, 1.807) is 14.2 Å². The maximum atomic E-state index is 5.44. The summed E-state index contributed by atoms with van der Waals surface area (Å²) < 4.78 is 10.8. The molecule has 0 aromatic heterocycles. The zero-order valence-electron chi connectivity index (χ0n) is 15.7. The van der Waals surface area contributed by atoms with Crippen LogP contribution in [0.1, 0.15) is 19.4 Å². The normalized spacial score (nSPS) is 16.1. The van der Waals surface area contributed by atoms with Gasteiger partial charge in [0.05, 0.1) is 20.3 Å². The van der Waals surface area contributed by atoms with E-state index in [4.69, 9.17) is 9.47 Å². The van der Waals surface area contributed by atoms with Crippen LogP contribution in [0.5, 0.6) is 5.75 Å². The number of hydrogen-bond acceptors (Lipinski definition) is 4. The van der Waals surface area contributed by atoms with Crippen molar-refractivity contribution < 1.29 is 9.47 Å². The van der Waals surface area contributed by atoms with Crippen molar-refractivity contribution in [3.05, 3.63) is 29.8 Å². The first kappa shape index (κ1) is 22.0. The van der Waals surface area contributed by atoms with Gasteiger partial charge in [-0.05, 0) is 19.9 Å². The van der Waals surface area contributed by atoms with Crippen molar-refractivity contribution >= 4 is 29.9 Å². The van der Waals surface area contributed by atoms with E-state index in [9.17, 15) is 0 Å². The van der Waals surface area contributed by atoms with Crippen molar-refractivity contribution in [1.29, 1.82) is 0 Å². The Morgan fingerprint density at radius 1 is 1.24 bits per heavy atom. The Labute approximate surface area is 168 Å². The average molecular weight is 462 g/mol. The monoisotopic (exact) mass is 462 g/mol. The summed E-state index contributed by atoms with van der Waals surface area (Å²) in [6.45, 7) is 9.55. The molecule has 1 aliphatic rings. The number of aliphatic imine (C=N–C) groups is 1. The second-order valence-electron chi connectivity index (χ2n) is 6.50. The van der Waals surface area contributed by atoms with E-state index in [2.05, 4.69) is 40.4 Å². The number of nitrogens with one attached hydrogen (secondary N) is 2. The van der Waals surface area contributed by atoms with Crippen LogP contribution in [0.3, 0.4) is 0 Å². The molecule has 0 saturated carbocycles. The van der Waals surface area contributed by atoms with E-state index in [-0.39, 0.29) is 29.5 Å². The van der Waals surface area contributed by atoms with E-state index in [0.717, 1.165) is 50.1 Å². The molecule has 1 aromatic carbocycles. The molecule has 1 aromatic rings. The highest BCUT2D eigenvalue weighted by molar-refractivity contribution is 14.0. The summed E-state index contributed by atoms with van der Waals surface area (Å²) in [6.07, 6.45) is 0. The lowest BCUT2D eigenvalue weighted by Crippen LogP contribution is -2.56. The highest BCUT2D eigenvalue weighted by Crippen LogP contribution is 2.17. The van der Waals surface area contributed by atoms with E-state index in [1.807, 2.05) is 18.2 Å². The zero-order chi connectivity index (χ0) is 17.4. The lowest BCUT2D eigenvalue weighted by molar-refractivity contribution is -0.00834. The molecule has 25 heavy (non-hydrogen) atoms. The van der Waals surface area contributed by atoms with Crippen molar-refractivity contribution in [3.8, 4) is 5.75 Å². The van der Waals surface area contributed by atoms with Crippen LogP contribution < -0.4 is 15.4 Å². The fourth-order valence-corrected chi connectivity index (χ4v) is 2.83. The minimum absolute atomic E-state index is 0. The van der Waals surface area contributed by atoms with E-state index < -0.39 is 0 Å². The summed E-state index contributed by atoms with van der Waals surface area (Å²) in [7, 11) is 3.48. The van der Waals surface area contributed by atoms with Gasteiger partial charge in [0.15, 0.2) is 5.96 Å². The third-order valence-corrected chi connectivity index (χ3v) is 4.42. The van der Waals surface area contributed by atoms with Crippen molar-refractivity contribution in [2.45, 2.75) is 25.9 Å². The predicted octanol–water partition coefficient (Wildman–Crippen LogP) is 2.09. The molecule has 0 atom stereocenters. The first-order valence-corrected chi connectivity index (χ1v) is 8.46. The molecular formula is C18H31IN4O2. The summed E-state index contributed by atoms with van der Waals surface area (Å²) in [5.74, 6) is 1.68. The number of morpholine rings is 1. The van der Waals surface area contributed by atoms with E-state index in [0.29, 0.717) is 6.54 Å². The molecule has 0 bridgehead atoms. The Bertz CT molecular complexity index is 546. The fourth-order valence-electron chi connectivity index (χ4n) is 2.83. The second-order valence-corrected chi connectivity index (χ2v) is 6.50. The number of rotatable bonds is 6. The third kappa shape index (κ3) is 6.63. The minimum atomic E-state index is 0. The van der Waals surface area contributed by atoms with Crippen LogP contribution in [-0.2, 0) is 11.3 Å². The highest BCUT2D eigenvalue weighted by atomic mass is 127. The van der Waals surface area contributed by atoms with Crippen LogP contribution in [0.25, 0.3) is 0 Å². The van der Waals surface area contributed by atoms with Crippen molar-refractivity contribution in [2.75, 3.05) is 47.0 Å². The number of nitrogens with zero attached hydrogens (tertiary/aromatic N) is 2. The van der Waals surface area contributed by atoms with Gasteiger partial charge in [-0.1, -0.05) is 18.2 Å².